The Morgan fingerprint density at radius 3 is 2.63 bits per heavy atom. The standard InChI is InChI=1S/C16H15NO2/c18-16(12-13-6-2-1-3-7-13)17-10-11-19-15-9-5-4-8-14(15)17/h1-9H,10-12H2. The molecule has 0 N–H and O–H groups in total. The van der Waals surface area contributed by atoms with Crippen LogP contribution in [0.25, 0.3) is 0 Å². The number of fused-ring (bicyclic) bond motifs is 1. The van der Waals surface area contributed by atoms with E-state index in [1.165, 1.54) is 0 Å². The van der Waals surface area contributed by atoms with Crippen molar-refractivity contribution in [2.24, 2.45) is 0 Å². The van der Waals surface area contributed by atoms with Crippen molar-refractivity contribution in [3.05, 3.63) is 60.2 Å². The van der Waals surface area contributed by atoms with Gasteiger partial charge in [0.1, 0.15) is 12.4 Å². The van der Waals surface area contributed by atoms with E-state index >= 15 is 0 Å². The zero-order valence-electron chi connectivity index (χ0n) is 10.6. The average molecular weight is 253 g/mol. The average Bonchev–Trinajstić information content (AvgIpc) is 2.47. The molecule has 0 aromatic heterocycles. The highest BCUT2D eigenvalue weighted by Gasteiger charge is 2.22. The minimum atomic E-state index is 0.113. The smallest absolute Gasteiger partial charge is 0.231 e. The maximum atomic E-state index is 12.4. The fourth-order valence-electron chi connectivity index (χ4n) is 2.29. The Hall–Kier alpha value is -2.29. The minimum Gasteiger partial charge on any atom is -0.490 e. The van der Waals surface area contributed by atoms with Crippen LogP contribution in [0.4, 0.5) is 5.69 Å². The maximum absolute atomic E-state index is 12.4. The molecule has 0 unspecified atom stereocenters. The summed E-state index contributed by atoms with van der Waals surface area (Å²) in [6.45, 7) is 1.17. The number of hydrogen-bond donors (Lipinski definition) is 0. The van der Waals surface area contributed by atoms with Gasteiger partial charge in [-0.15, -0.1) is 0 Å². The van der Waals surface area contributed by atoms with Gasteiger partial charge in [-0.25, -0.2) is 0 Å². The van der Waals surface area contributed by atoms with E-state index in [0.717, 1.165) is 17.0 Å². The van der Waals surface area contributed by atoms with Crippen molar-refractivity contribution in [3.63, 3.8) is 0 Å². The zero-order valence-corrected chi connectivity index (χ0v) is 10.6. The van der Waals surface area contributed by atoms with Gasteiger partial charge in [-0.1, -0.05) is 42.5 Å². The highest BCUT2D eigenvalue weighted by Crippen LogP contribution is 2.31. The highest BCUT2D eigenvalue weighted by atomic mass is 16.5. The van der Waals surface area contributed by atoms with E-state index in [0.29, 0.717) is 19.6 Å². The zero-order chi connectivity index (χ0) is 13.1. The molecular formula is C16H15NO2. The van der Waals surface area contributed by atoms with Gasteiger partial charge in [-0.2, -0.15) is 0 Å². The Bertz CT molecular complexity index is 580. The Balaban J connectivity index is 1.82. The molecule has 0 bridgehead atoms. The van der Waals surface area contributed by atoms with E-state index in [1.54, 1.807) is 0 Å². The molecular weight excluding hydrogens is 238 g/mol. The molecule has 1 amide bonds. The fourth-order valence-corrected chi connectivity index (χ4v) is 2.29. The SMILES string of the molecule is O=C(Cc1ccccc1)N1CCOc2ccccc21. The number of amides is 1. The molecule has 2 aromatic rings. The predicted octanol–water partition coefficient (Wildman–Crippen LogP) is 2.65. The number of carbonyl (C=O) groups is 1. The Morgan fingerprint density at radius 2 is 1.79 bits per heavy atom. The second-order valence-electron chi connectivity index (χ2n) is 4.52. The van der Waals surface area contributed by atoms with E-state index in [-0.39, 0.29) is 5.91 Å². The number of para-hydroxylation sites is 2. The van der Waals surface area contributed by atoms with Crippen LogP contribution < -0.4 is 9.64 Å². The summed E-state index contributed by atoms with van der Waals surface area (Å²) in [5.41, 5.74) is 1.91. The summed E-state index contributed by atoms with van der Waals surface area (Å²) in [7, 11) is 0. The second-order valence-corrected chi connectivity index (χ2v) is 4.52. The van der Waals surface area contributed by atoms with Crippen molar-refractivity contribution in [2.75, 3.05) is 18.1 Å². The topological polar surface area (TPSA) is 29.5 Å². The summed E-state index contributed by atoms with van der Waals surface area (Å²) < 4.78 is 5.56. The van der Waals surface area contributed by atoms with Crippen molar-refractivity contribution in [3.8, 4) is 5.75 Å². The summed E-state index contributed by atoms with van der Waals surface area (Å²) in [6, 6.07) is 17.5. The number of ether oxygens (including phenoxy) is 1. The van der Waals surface area contributed by atoms with Gasteiger partial charge >= 0.3 is 0 Å². The number of anilines is 1. The summed E-state index contributed by atoms with van der Waals surface area (Å²) in [5.74, 6) is 0.900. The van der Waals surface area contributed by atoms with Crippen molar-refractivity contribution in [2.45, 2.75) is 6.42 Å². The maximum Gasteiger partial charge on any atom is 0.231 e. The molecule has 96 valence electrons. The Kier molecular flexibility index (Phi) is 3.19. The molecule has 0 saturated carbocycles. The van der Waals surface area contributed by atoms with E-state index in [9.17, 15) is 4.79 Å². The van der Waals surface area contributed by atoms with Crippen molar-refractivity contribution in [1.29, 1.82) is 0 Å². The molecule has 0 fully saturated rings. The van der Waals surface area contributed by atoms with Gasteiger partial charge < -0.3 is 9.64 Å². The normalized spacial score (nSPS) is 13.6. The van der Waals surface area contributed by atoms with E-state index in [4.69, 9.17) is 4.74 Å². The van der Waals surface area contributed by atoms with Crippen LogP contribution in [0.5, 0.6) is 5.75 Å². The van der Waals surface area contributed by atoms with Crippen LogP contribution in [0.15, 0.2) is 54.6 Å². The molecule has 1 heterocycles. The lowest BCUT2D eigenvalue weighted by Gasteiger charge is -2.29. The van der Waals surface area contributed by atoms with Gasteiger partial charge in [0.2, 0.25) is 5.91 Å². The first-order valence-corrected chi connectivity index (χ1v) is 6.41. The molecule has 3 heteroatoms. The molecule has 3 nitrogen and oxygen atoms in total. The predicted molar refractivity (Wildman–Crippen MR) is 74.4 cm³/mol. The fraction of sp³-hybridized carbons (Fsp3) is 0.188. The third kappa shape index (κ3) is 2.45. The van der Waals surface area contributed by atoms with E-state index in [1.807, 2.05) is 59.5 Å². The molecule has 19 heavy (non-hydrogen) atoms. The molecule has 3 rings (SSSR count). The Labute approximate surface area is 112 Å². The third-order valence-corrected chi connectivity index (χ3v) is 3.23. The monoisotopic (exact) mass is 253 g/mol. The molecule has 0 radical (unpaired) electrons. The molecule has 2 aromatic carbocycles. The van der Waals surface area contributed by atoms with Crippen LogP contribution in [0.1, 0.15) is 5.56 Å². The first-order valence-electron chi connectivity index (χ1n) is 6.41. The number of nitrogens with zero attached hydrogens (tertiary/aromatic N) is 1. The third-order valence-electron chi connectivity index (χ3n) is 3.23. The van der Waals surface area contributed by atoms with Crippen LogP contribution in [-0.4, -0.2) is 19.1 Å². The van der Waals surface area contributed by atoms with Gasteiger partial charge in [-0.05, 0) is 17.7 Å². The van der Waals surface area contributed by atoms with Crippen LogP contribution >= 0.6 is 0 Å². The van der Waals surface area contributed by atoms with Crippen LogP contribution in [0.3, 0.4) is 0 Å². The molecule has 1 aliphatic rings. The van der Waals surface area contributed by atoms with E-state index in [2.05, 4.69) is 0 Å². The van der Waals surface area contributed by atoms with E-state index < -0.39 is 0 Å². The molecule has 0 saturated heterocycles. The van der Waals surface area contributed by atoms with Gasteiger partial charge in [0.15, 0.2) is 0 Å². The van der Waals surface area contributed by atoms with Crippen LogP contribution in [0.2, 0.25) is 0 Å². The summed E-state index contributed by atoms with van der Waals surface area (Å²) in [6.07, 6.45) is 0.426. The van der Waals surface area contributed by atoms with Crippen molar-refractivity contribution >= 4 is 11.6 Å². The summed E-state index contributed by atoms with van der Waals surface area (Å²) >= 11 is 0. The number of hydrogen-bond acceptors (Lipinski definition) is 2. The number of rotatable bonds is 2. The van der Waals surface area contributed by atoms with Crippen molar-refractivity contribution in [1.82, 2.24) is 0 Å². The second kappa shape index (κ2) is 5.14. The summed E-state index contributed by atoms with van der Waals surface area (Å²) in [5, 5.41) is 0. The Morgan fingerprint density at radius 1 is 1.05 bits per heavy atom. The van der Waals surface area contributed by atoms with Crippen molar-refractivity contribution < 1.29 is 9.53 Å². The van der Waals surface area contributed by atoms with Gasteiger partial charge in [-0.3, -0.25) is 4.79 Å². The molecule has 1 aliphatic heterocycles. The number of benzene rings is 2. The van der Waals surface area contributed by atoms with Crippen LogP contribution in [0, 0.1) is 0 Å². The lowest BCUT2D eigenvalue weighted by molar-refractivity contribution is -0.118. The van der Waals surface area contributed by atoms with Gasteiger partial charge in [0.05, 0.1) is 18.7 Å². The van der Waals surface area contributed by atoms with Crippen LogP contribution in [-0.2, 0) is 11.2 Å². The summed E-state index contributed by atoms with van der Waals surface area (Å²) in [4.78, 5) is 14.2. The molecule has 0 spiro atoms. The number of carbonyl (C=O) groups excluding carboxylic acids is 1. The molecule has 0 atom stereocenters. The van der Waals surface area contributed by atoms with Gasteiger partial charge in [0.25, 0.3) is 0 Å². The lowest BCUT2D eigenvalue weighted by atomic mass is 10.1. The lowest BCUT2D eigenvalue weighted by Crippen LogP contribution is -2.38. The highest BCUT2D eigenvalue weighted by molar-refractivity contribution is 5.96. The first kappa shape index (κ1) is 11.8. The largest absolute Gasteiger partial charge is 0.490 e. The minimum absolute atomic E-state index is 0.113. The first-order chi connectivity index (χ1) is 9.34. The quantitative estimate of drug-likeness (QED) is 0.823. The van der Waals surface area contributed by atoms with Gasteiger partial charge in [0, 0.05) is 0 Å². The molecule has 0 aliphatic carbocycles.